The molecule has 0 aliphatic carbocycles. The van der Waals surface area contributed by atoms with Gasteiger partial charge in [-0.15, -0.1) is 0 Å². The van der Waals surface area contributed by atoms with Gasteiger partial charge in [0, 0.05) is 25.3 Å². The Morgan fingerprint density at radius 1 is 1.40 bits per heavy atom. The Balaban J connectivity index is 1.82. The quantitative estimate of drug-likeness (QED) is 0.416. The number of rotatable bonds is 6. The van der Waals surface area contributed by atoms with E-state index in [0.29, 0.717) is 5.69 Å². The molecule has 20 heavy (non-hydrogen) atoms. The zero-order valence-corrected chi connectivity index (χ0v) is 11.5. The van der Waals surface area contributed by atoms with Crippen LogP contribution >= 0.6 is 0 Å². The average Bonchev–Trinajstić information content (AvgIpc) is 2.44. The molecule has 5 nitrogen and oxygen atoms in total. The van der Waals surface area contributed by atoms with Gasteiger partial charge in [-0.05, 0) is 25.1 Å². The minimum atomic E-state index is -0.462. The van der Waals surface area contributed by atoms with Crippen molar-refractivity contribution in [2.24, 2.45) is 5.73 Å². The molecule has 0 spiro atoms. The third-order valence-electron chi connectivity index (χ3n) is 3.35. The Morgan fingerprint density at radius 2 is 2.15 bits per heavy atom. The fourth-order valence-electron chi connectivity index (χ4n) is 2.30. The SMILES string of the molecule is N=C(N)c1c(F)cccc1NCCCN1CCOCC1. The summed E-state index contributed by atoms with van der Waals surface area (Å²) in [7, 11) is 0. The van der Waals surface area contributed by atoms with Crippen LogP contribution in [0.2, 0.25) is 0 Å². The molecule has 1 aromatic carbocycles. The highest BCUT2D eigenvalue weighted by Gasteiger charge is 2.12. The lowest BCUT2D eigenvalue weighted by atomic mass is 10.1. The molecule has 6 heteroatoms. The lowest BCUT2D eigenvalue weighted by molar-refractivity contribution is 0.0378. The van der Waals surface area contributed by atoms with E-state index in [1.807, 2.05) is 0 Å². The summed E-state index contributed by atoms with van der Waals surface area (Å²) in [5, 5.41) is 10.6. The van der Waals surface area contributed by atoms with Crippen LogP contribution in [0.5, 0.6) is 0 Å². The standard InChI is InChI=1S/C14H21FN4O/c15-11-3-1-4-12(13(11)14(16)17)18-5-2-6-19-7-9-20-10-8-19/h1,3-4,18H,2,5-10H2,(H3,16,17). The highest BCUT2D eigenvalue weighted by Crippen LogP contribution is 2.18. The first-order chi connectivity index (χ1) is 9.68. The van der Waals surface area contributed by atoms with Crippen LogP contribution in [-0.2, 0) is 4.74 Å². The van der Waals surface area contributed by atoms with Gasteiger partial charge in [0.05, 0.1) is 18.8 Å². The van der Waals surface area contributed by atoms with Gasteiger partial charge >= 0.3 is 0 Å². The van der Waals surface area contributed by atoms with Gasteiger partial charge in [-0.2, -0.15) is 0 Å². The second-order valence-electron chi connectivity index (χ2n) is 4.81. The Bertz CT molecular complexity index is 460. The number of anilines is 1. The molecule has 4 N–H and O–H groups in total. The first-order valence-corrected chi connectivity index (χ1v) is 6.85. The molecule has 0 unspecified atom stereocenters. The van der Waals surface area contributed by atoms with Crippen LogP contribution in [0.4, 0.5) is 10.1 Å². The number of nitrogen functional groups attached to an aromatic ring is 1. The number of hydrogen-bond acceptors (Lipinski definition) is 4. The fourth-order valence-corrected chi connectivity index (χ4v) is 2.30. The maximum atomic E-state index is 13.6. The number of amidine groups is 1. The number of halogens is 1. The second kappa shape index (κ2) is 7.21. The smallest absolute Gasteiger partial charge is 0.136 e. The van der Waals surface area contributed by atoms with Crippen molar-refractivity contribution in [2.75, 3.05) is 44.7 Å². The summed E-state index contributed by atoms with van der Waals surface area (Å²) in [5.74, 6) is -0.713. The van der Waals surface area contributed by atoms with Crippen LogP contribution < -0.4 is 11.1 Å². The highest BCUT2D eigenvalue weighted by atomic mass is 19.1. The second-order valence-corrected chi connectivity index (χ2v) is 4.81. The predicted octanol–water partition coefficient (Wildman–Crippen LogP) is 1.24. The third-order valence-corrected chi connectivity index (χ3v) is 3.35. The van der Waals surface area contributed by atoms with E-state index in [9.17, 15) is 4.39 Å². The Kier molecular flexibility index (Phi) is 5.31. The fraction of sp³-hybridized carbons (Fsp3) is 0.500. The molecule has 0 saturated carbocycles. The molecule has 1 saturated heterocycles. The van der Waals surface area contributed by atoms with Crippen molar-refractivity contribution in [3.8, 4) is 0 Å². The summed E-state index contributed by atoms with van der Waals surface area (Å²) in [6.07, 6.45) is 0.952. The van der Waals surface area contributed by atoms with Crippen LogP contribution in [0.3, 0.4) is 0 Å². The molecule has 1 heterocycles. The van der Waals surface area contributed by atoms with Gasteiger partial charge in [0.1, 0.15) is 11.7 Å². The lowest BCUT2D eigenvalue weighted by Crippen LogP contribution is -2.37. The first kappa shape index (κ1) is 14.7. The van der Waals surface area contributed by atoms with E-state index in [2.05, 4.69) is 10.2 Å². The van der Waals surface area contributed by atoms with Gasteiger partial charge in [-0.1, -0.05) is 6.07 Å². The largest absolute Gasteiger partial charge is 0.384 e. The highest BCUT2D eigenvalue weighted by molar-refractivity contribution is 6.00. The van der Waals surface area contributed by atoms with Crippen molar-refractivity contribution < 1.29 is 9.13 Å². The van der Waals surface area contributed by atoms with Crippen molar-refractivity contribution in [3.63, 3.8) is 0 Å². The van der Waals surface area contributed by atoms with Crippen LogP contribution in [0.15, 0.2) is 18.2 Å². The number of nitrogens with two attached hydrogens (primary N) is 1. The van der Waals surface area contributed by atoms with Gasteiger partial charge in [0.15, 0.2) is 0 Å². The van der Waals surface area contributed by atoms with E-state index in [1.165, 1.54) is 6.07 Å². The molecule has 0 atom stereocenters. The van der Waals surface area contributed by atoms with Crippen LogP contribution in [0.1, 0.15) is 12.0 Å². The van der Waals surface area contributed by atoms with Crippen molar-refractivity contribution >= 4 is 11.5 Å². The number of nitrogens with one attached hydrogen (secondary N) is 2. The molecule has 0 amide bonds. The lowest BCUT2D eigenvalue weighted by Gasteiger charge is -2.26. The molecule has 1 aliphatic rings. The molecule has 0 aromatic heterocycles. The number of morpholine rings is 1. The zero-order valence-electron chi connectivity index (χ0n) is 11.5. The minimum absolute atomic E-state index is 0.152. The van der Waals surface area contributed by atoms with Crippen molar-refractivity contribution in [1.29, 1.82) is 5.41 Å². The predicted molar refractivity (Wildman–Crippen MR) is 77.8 cm³/mol. The van der Waals surface area contributed by atoms with E-state index in [0.717, 1.165) is 45.8 Å². The summed E-state index contributed by atoms with van der Waals surface area (Å²) in [6.45, 7) is 5.25. The van der Waals surface area contributed by atoms with Crippen molar-refractivity contribution in [2.45, 2.75) is 6.42 Å². The molecule has 1 aromatic rings. The Labute approximate surface area is 118 Å². The summed E-state index contributed by atoms with van der Waals surface area (Å²) < 4.78 is 18.9. The van der Waals surface area contributed by atoms with Crippen LogP contribution in [0, 0.1) is 11.2 Å². The molecular formula is C14H21FN4O. The van der Waals surface area contributed by atoms with Gasteiger partial charge in [0.2, 0.25) is 0 Å². The van der Waals surface area contributed by atoms with E-state index < -0.39 is 5.82 Å². The van der Waals surface area contributed by atoms with Gasteiger partial charge in [-0.25, -0.2) is 4.39 Å². The van der Waals surface area contributed by atoms with E-state index in [1.54, 1.807) is 12.1 Å². The number of benzene rings is 1. The third kappa shape index (κ3) is 3.91. The van der Waals surface area contributed by atoms with Crippen molar-refractivity contribution in [3.05, 3.63) is 29.6 Å². The topological polar surface area (TPSA) is 74.4 Å². The maximum absolute atomic E-state index is 13.6. The molecule has 2 rings (SSSR count). The molecule has 0 bridgehead atoms. The number of hydrogen-bond donors (Lipinski definition) is 3. The van der Waals surface area contributed by atoms with Crippen molar-refractivity contribution in [1.82, 2.24) is 4.90 Å². The summed E-state index contributed by atoms with van der Waals surface area (Å²) in [4.78, 5) is 2.35. The van der Waals surface area contributed by atoms with E-state index in [4.69, 9.17) is 15.9 Å². The molecule has 110 valence electrons. The van der Waals surface area contributed by atoms with Gasteiger partial charge in [-0.3, -0.25) is 10.3 Å². The molecule has 1 aliphatic heterocycles. The summed E-state index contributed by atoms with van der Waals surface area (Å²) in [6, 6.07) is 4.68. The maximum Gasteiger partial charge on any atom is 0.136 e. The molecule has 1 fully saturated rings. The van der Waals surface area contributed by atoms with Crippen LogP contribution in [-0.4, -0.2) is 50.1 Å². The van der Waals surface area contributed by atoms with E-state index >= 15 is 0 Å². The Hall–Kier alpha value is -1.66. The van der Waals surface area contributed by atoms with E-state index in [-0.39, 0.29) is 11.4 Å². The first-order valence-electron chi connectivity index (χ1n) is 6.85. The monoisotopic (exact) mass is 280 g/mol. The number of ether oxygens (including phenoxy) is 1. The van der Waals surface area contributed by atoms with Crippen LogP contribution in [0.25, 0.3) is 0 Å². The summed E-state index contributed by atoms with van der Waals surface area (Å²) in [5.41, 5.74) is 6.15. The summed E-state index contributed by atoms with van der Waals surface area (Å²) >= 11 is 0. The minimum Gasteiger partial charge on any atom is -0.384 e. The average molecular weight is 280 g/mol. The Morgan fingerprint density at radius 3 is 2.85 bits per heavy atom. The number of nitrogens with zero attached hydrogens (tertiary/aromatic N) is 1. The molecule has 0 radical (unpaired) electrons. The van der Waals surface area contributed by atoms with Gasteiger partial charge in [0.25, 0.3) is 0 Å². The van der Waals surface area contributed by atoms with Gasteiger partial charge < -0.3 is 15.8 Å². The zero-order chi connectivity index (χ0) is 14.4. The normalized spacial score (nSPS) is 16.1. The molecular weight excluding hydrogens is 259 g/mol.